The number of hydrogen-bond donors (Lipinski definition) is 0. The third-order valence-electron chi connectivity index (χ3n) is 3.74. The summed E-state index contributed by atoms with van der Waals surface area (Å²) in [6.07, 6.45) is 3.48. The molecule has 24 heavy (non-hydrogen) atoms. The molecule has 1 amide bonds. The molecule has 1 saturated heterocycles. The van der Waals surface area contributed by atoms with E-state index in [1.807, 2.05) is 39.2 Å². The monoisotopic (exact) mass is 345 g/mol. The number of fused-ring (bicyclic) bond motifs is 1. The van der Waals surface area contributed by atoms with E-state index in [0.29, 0.717) is 13.1 Å². The molecule has 1 aliphatic rings. The van der Waals surface area contributed by atoms with Crippen molar-refractivity contribution < 1.29 is 9.53 Å². The van der Waals surface area contributed by atoms with Crippen LogP contribution in [0.2, 0.25) is 0 Å². The molecule has 128 valence electrons. The molecule has 5 nitrogen and oxygen atoms in total. The van der Waals surface area contributed by atoms with Crippen molar-refractivity contribution >= 4 is 28.8 Å². The maximum atomic E-state index is 12.1. The van der Waals surface area contributed by atoms with Gasteiger partial charge in [-0.1, -0.05) is 6.07 Å². The Morgan fingerprint density at radius 2 is 1.88 bits per heavy atom. The van der Waals surface area contributed by atoms with Crippen LogP contribution in [0.1, 0.15) is 20.8 Å². The molecule has 2 aromatic rings. The first-order valence-corrected chi connectivity index (χ1v) is 8.93. The molecule has 1 fully saturated rings. The van der Waals surface area contributed by atoms with Crippen molar-refractivity contribution in [2.24, 2.45) is 0 Å². The maximum absolute atomic E-state index is 12.1. The van der Waals surface area contributed by atoms with Gasteiger partial charge in [0, 0.05) is 48.9 Å². The number of carbonyl (C=O) groups is 1. The highest BCUT2D eigenvalue weighted by Crippen LogP contribution is 2.27. The minimum absolute atomic E-state index is 0.217. The van der Waals surface area contributed by atoms with Crippen LogP contribution >= 0.6 is 11.9 Å². The van der Waals surface area contributed by atoms with Crippen LogP contribution in [0.15, 0.2) is 41.6 Å². The number of amides is 1. The molecule has 0 bridgehead atoms. The van der Waals surface area contributed by atoms with E-state index in [1.54, 1.807) is 16.8 Å². The molecular formula is C18H23N3O2S. The van der Waals surface area contributed by atoms with Crippen molar-refractivity contribution in [3.63, 3.8) is 0 Å². The van der Waals surface area contributed by atoms with Gasteiger partial charge in [-0.15, -0.1) is 0 Å². The Balaban J connectivity index is 1.55. The van der Waals surface area contributed by atoms with E-state index in [1.165, 1.54) is 10.3 Å². The molecule has 1 aromatic heterocycles. The second-order valence-corrected chi connectivity index (χ2v) is 8.04. The number of nitrogens with zero attached hydrogens (tertiary/aromatic N) is 3. The van der Waals surface area contributed by atoms with Gasteiger partial charge in [-0.2, -0.15) is 0 Å². The summed E-state index contributed by atoms with van der Waals surface area (Å²) in [5.74, 6) is 0. The minimum Gasteiger partial charge on any atom is -0.444 e. The van der Waals surface area contributed by atoms with Crippen molar-refractivity contribution in [2.75, 3.05) is 26.2 Å². The molecular weight excluding hydrogens is 322 g/mol. The molecule has 1 aliphatic heterocycles. The number of ether oxygens (including phenoxy) is 1. The molecule has 0 spiro atoms. The van der Waals surface area contributed by atoms with Crippen molar-refractivity contribution in [1.29, 1.82) is 0 Å². The Morgan fingerprint density at radius 1 is 1.12 bits per heavy atom. The SMILES string of the molecule is CC(C)(C)OC(=O)N1CCN(Sc2ccc3cnccc3c2)CC1. The number of aromatic nitrogens is 1. The van der Waals surface area contributed by atoms with Crippen LogP contribution in [0.3, 0.4) is 0 Å². The standard InChI is InChI=1S/C18H23N3O2S/c1-18(2,3)23-17(22)20-8-10-21(11-9-20)24-16-5-4-15-13-19-7-6-14(15)12-16/h4-7,12-13H,8-11H2,1-3H3. The van der Waals surface area contributed by atoms with Crippen LogP contribution in [0.4, 0.5) is 4.79 Å². The number of hydrogen-bond acceptors (Lipinski definition) is 5. The van der Waals surface area contributed by atoms with Crippen LogP contribution in [0, 0.1) is 0 Å². The number of rotatable bonds is 2. The predicted molar refractivity (Wildman–Crippen MR) is 97.0 cm³/mol. The molecule has 6 heteroatoms. The van der Waals surface area contributed by atoms with Gasteiger partial charge >= 0.3 is 6.09 Å². The van der Waals surface area contributed by atoms with Gasteiger partial charge in [0.25, 0.3) is 0 Å². The summed E-state index contributed by atoms with van der Waals surface area (Å²) in [6.45, 7) is 8.74. The first-order chi connectivity index (χ1) is 11.4. The van der Waals surface area contributed by atoms with E-state index in [2.05, 4.69) is 27.5 Å². The number of carbonyl (C=O) groups excluding carboxylic acids is 1. The summed E-state index contributed by atoms with van der Waals surface area (Å²) in [4.78, 5) is 19.2. The van der Waals surface area contributed by atoms with Gasteiger partial charge in [0.1, 0.15) is 5.60 Å². The molecule has 2 heterocycles. The molecule has 1 aromatic carbocycles. The average Bonchev–Trinajstić information content (AvgIpc) is 2.54. The van der Waals surface area contributed by atoms with Crippen molar-refractivity contribution in [3.05, 3.63) is 36.7 Å². The quantitative estimate of drug-likeness (QED) is 0.775. The van der Waals surface area contributed by atoms with E-state index in [0.717, 1.165) is 18.5 Å². The van der Waals surface area contributed by atoms with Crippen LogP contribution in [-0.2, 0) is 4.74 Å². The lowest BCUT2D eigenvalue weighted by atomic mass is 10.2. The van der Waals surface area contributed by atoms with Gasteiger partial charge in [-0.25, -0.2) is 9.10 Å². The average molecular weight is 345 g/mol. The number of piperazine rings is 1. The molecule has 0 atom stereocenters. The van der Waals surface area contributed by atoms with E-state index < -0.39 is 5.60 Å². The second kappa shape index (κ2) is 6.99. The van der Waals surface area contributed by atoms with Crippen LogP contribution in [0.5, 0.6) is 0 Å². The van der Waals surface area contributed by atoms with E-state index in [-0.39, 0.29) is 6.09 Å². The summed E-state index contributed by atoms with van der Waals surface area (Å²) in [5.41, 5.74) is -0.442. The van der Waals surface area contributed by atoms with Gasteiger partial charge < -0.3 is 9.64 Å². The van der Waals surface area contributed by atoms with Gasteiger partial charge in [-0.3, -0.25) is 4.98 Å². The van der Waals surface area contributed by atoms with E-state index in [4.69, 9.17) is 4.74 Å². The third-order valence-corrected chi connectivity index (χ3v) is 4.82. The Bertz CT molecular complexity index is 722. The normalized spacial score (nSPS) is 16.4. The molecule has 0 aliphatic carbocycles. The Kier molecular flexibility index (Phi) is 4.96. The summed E-state index contributed by atoms with van der Waals surface area (Å²) < 4.78 is 7.73. The van der Waals surface area contributed by atoms with Crippen molar-refractivity contribution in [1.82, 2.24) is 14.2 Å². The highest BCUT2D eigenvalue weighted by molar-refractivity contribution is 7.97. The smallest absolute Gasteiger partial charge is 0.410 e. The summed E-state index contributed by atoms with van der Waals surface area (Å²) in [6, 6.07) is 8.43. The zero-order chi connectivity index (χ0) is 17.2. The van der Waals surface area contributed by atoms with E-state index in [9.17, 15) is 4.79 Å². The molecule has 0 radical (unpaired) electrons. The lowest BCUT2D eigenvalue weighted by molar-refractivity contribution is 0.0197. The lowest BCUT2D eigenvalue weighted by Gasteiger charge is -2.34. The summed E-state index contributed by atoms with van der Waals surface area (Å²) in [5, 5.41) is 2.35. The third kappa shape index (κ3) is 4.39. The topological polar surface area (TPSA) is 45.7 Å². The van der Waals surface area contributed by atoms with Crippen LogP contribution < -0.4 is 0 Å². The Hall–Kier alpha value is -1.79. The van der Waals surface area contributed by atoms with Crippen molar-refractivity contribution in [2.45, 2.75) is 31.3 Å². The van der Waals surface area contributed by atoms with Gasteiger partial charge in [0.15, 0.2) is 0 Å². The lowest BCUT2D eigenvalue weighted by Crippen LogP contribution is -2.47. The van der Waals surface area contributed by atoms with E-state index >= 15 is 0 Å². The highest BCUT2D eigenvalue weighted by atomic mass is 32.2. The van der Waals surface area contributed by atoms with Crippen molar-refractivity contribution in [3.8, 4) is 0 Å². The first kappa shape index (κ1) is 17.0. The molecule has 0 saturated carbocycles. The van der Waals surface area contributed by atoms with Gasteiger partial charge in [-0.05, 0) is 56.3 Å². The van der Waals surface area contributed by atoms with Gasteiger partial charge in [0.2, 0.25) is 0 Å². The largest absolute Gasteiger partial charge is 0.444 e. The second-order valence-electron chi connectivity index (χ2n) is 6.87. The first-order valence-electron chi connectivity index (χ1n) is 8.15. The Labute approximate surface area is 147 Å². The fraction of sp³-hybridized carbons (Fsp3) is 0.444. The maximum Gasteiger partial charge on any atom is 0.410 e. The minimum atomic E-state index is -0.442. The summed E-state index contributed by atoms with van der Waals surface area (Å²) >= 11 is 1.74. The fourth-order valence-electron chi connectivity index (χ4n) is 2.56. The molecule has 3 rings (SSSR count). The Morgan fingerprint density at radius 3 is 2.58 bits per heavy atom. The number of pyridine rings is 1. The zero-order valence-electron chi connectivity index (χ0n) is 14.4. The van der Waals surface area contributed by atoms with Crippen LogP contribution in [-0.4, -0.2) is 52.1 Å². The summed E-state index contributed by atoms with van der Waals surface area (Å²) in [7, 11) is 0. The molecule has 0 N–H and O–H groups in total. The zero-order valence-corrected chi connectivity index (χ0v) is 15.2. The van der Waals surface area contributed by atoms with Crippen LogP contribution in [0.25, 0.3) is 10.8 Å². The molecule has 0 unspecified atom stereocenters. The number of benzene rings is 1. The van der Waals surface area contributed by atoms with Gasteiger partial charge in [0.05, 0.1) is 0 Å². The predicted octanol–water partition coefficient (Wildman–Crippen LogP) is 3.79. The fourth-order valence-corrected chi connectivity index (χ4v) is 3.51. The highest BCUT2D eigenvalue weighted by Gasteiger charge is 2.26.